The normalized spacial score (nSPS) is 12.2. The van der Waals surface area contributed by atoms with Crippen LogP contribution in [0.15, 0.2) is 66.7 Å². The molecule has 0 spiro atoms. The lowest BCUT2D eigenvalue weighted by Crippen LogP contribution is -2.53. The zero-order valence-corrected chi connectivity index (χ0v) is 26.5. The topological polar surface area (TPSA) is 86.8 Å². The van der Waals surface area contributed by atoms with Crippen molar-refractivity contribution in [3.63, 3.8) is 0 Å². The summed E-state index contributed by atoms with van der Waals surface area (Å²) in [6, 6.07) is 18.7. The van der Waals surface area contributed by atoms with Gasteiger partial charge in [0.2, 0.25) is 21.8 Å². The second-order valence-electron chi connectivity index (χ2n) is 10.3. The third-order valence-electron chi connectivity index (χ3n) is 6.37. The number of aryl methyl sites for hydroxylation is 1. The second-order valence-corrected chi connectivity index (χ2v) is 13.5. The van der Waals surface area contributed by atoms with Gasteiger partial charge in [0.15, 0.2) is 0 Å². The highest BCUT2D eigenvalue weighted by Crippen LogP contribution is 2.35. The monoisotopic (exact) mass is 637 g/mol. The Balaban J connectivity index is 2.08. The molecule has 0 heterocycles. The number of hydrogen-bond donors (Lipinski definition) is 1. The first-order valence-electron chi connectivity index (χ1n) is 13.0. The molecule has 1 N–H and O–H groups in total. The Morgan fingerprint density at radius 3 is 2.07 bits per heavy atom. The van der Waals surface area contributed by atoms with Crippen LogP contribution in [0, 0.1) is 12.8 Å². The highest BCUT2D eigenvalue weighted by atomic mass is 35.5. The number of halogens is 3. The van der Waals surface area contributed by atoms with E-state index in [0.717, 1.165) is 27.3 Å². The number of nitrogens with zero attached hydrogens (tertiary/aromatic N) is 2. The molecule has 1 atom stereocenters. The zero-order valence-electron chi connectivity index (χ0n) is 23.4. The number of benzene rings is 3. The average molecular weight is 639 g/mol. The van der Waals surface area contributed by atoms with Crippen LogP contribution in [0.1, 0.15) is 30.5 Å². The van der Waals surface area contributed by atoms with Crippen LogP contribution >= 0.6 is 34.8 Å². The van der Waals surface area contributed by atoms with Gasteiger partial charge in [-0.15, -0.1) is 0 Å². The number of amides is 2. The number of hydrogen-bond acceptors (Lipinski definition) is 4. The van der Waals surface area contributed by atoms with Crippen molar-refractivity contribution in [2.24, 2.45) is 5.92 Å². The molecule has 3 aromatic rings. The van der Waals surface area contributed by atoms with Gasteiger partial charge in [0.1, 0.15) is 12.6 Å². The van der Waals surface area contributed by atoms with E-state index in [0.29, 0.717) is 6.54 Å². The minimum absolute atomic E-state index is 0.0103. The van der Waals surface area contributed by atoms with Crippen LogP contribution in [0.4, 0.5) is 5.69 Å². The lowest BCUT2D eigenvalue weighted by atomic mass is 10.0. The molecule has 7 nitrogen and oxygen atoms in total. The van der Waals surface area contributed by atoms with E-state index < -0.39 is 28.5 Å². The fourth-order valence-corrected chi connectivity index (χ4v) is 5.71. The van der Waals surface area contributed by atoms with Crippen molar-refractivity contribution in [2.45, 2.75) is 39.8 Å². The average Bonchev–Trinajstić information content (AvgIpc) is 2.91. The Bertz CT molecular complexity index is 1470. The van der Waals surface area contributed by atoms with Crippen molar-refractivity contribution >= 4 is 62.3 Å². The molecule has 41 heavy (non-hydrogen) atoms. The molecule has 0 fully saturated rings. The SMILES string of the molecule is Cc1ccc(CN(C(=O)CN(c2cc(Cl)c(Cl)cc2Cl)S(C)(=O)=O)[C@H](Cc2ccccc2)C(=O)NCC(C)C)cc1. The molecular formula is C30H34Cl3N3O4S. The van der Waals surface area contributed by atoms with Gasteiger partial charge in [0.05, 0.1) is 27.0 Å². The van der Waals surface area contributed by atoms with Gasteiger partial charge in [0.25, 0.3) is 0 Å². The fraction of sp³-hybridized carbons (Fsp3) is 0.333. The van der Waals surface area contributed by atoms with E-state index in [4.69, 9.17) is 34.8 Å². The quantitative estimate of drug-likeness (QED) is 0.242. The maximum Gasteiger partial charge on any atom is 0.244 e. The molecule has 0 unspecified atom stereocenters. The van der Waals surface area contributed by atoms with Crippen LogP contribution in [0.5, 0.6) is 0 Å². The fourth-order valence-electron chi connectivity index (χ4n) is 4.16. The van der Waals surface area contributed by atoms with Crippen LogP contribution < -0.4 is 9.62 Å². The Hall–Kier alpha value is -2.78. The van der Waals surface area contributed by atoms with Crippen LogP contribution in [-0.2, 0) is 32.6 Å². The summed E-state index contributed by atoms with van der Waals surface area (Å²) in [5.74, 6) is -0.727. The molecule has 3 rings (SSSR count). The van der Waals surface area contributed by atoms with Crippen LogP contribution in [0.25, 0.3) is 0 Å². The van der Waals surface area contributed by atoms with E-state index >= 15 is 0 Å². The summed E-state index contributed by atoms with van der Waals surface area (Å²) in [5.41, 5.74) is 2.69. The third kappa shape index (κ3) is 9.36. The first kappa shape index (κ1) is 32.7. The minimum Gasteiger partial charge on any atom is -0.354 e. The van der Waals surface area contributed by atoms with Crippen LogP contribution in [-0.4, -0.2) is 50.5 Å². The van der Waals surface area contributed by atoms with Crippen molar-refractivity contribution in [3.8, 4) is 0 Å². The van der Waals surface area contributed by atoms with Gasteiger partial charge in [-0.25, -0.2) is 8.42 Å². The summed E-state index contributed by atoms with van der Waals surface area (Å²) < 4.78 is 26.8. The number of anilines is 1. The molecule has 0 saturated heterocycles. The number of carbonyl (C=O) groups excluding carboxylic acids is 2. The van der Waals surface area contributed by atoms with E-state index in [1.165, 1.54) is 17.0 Å². The van der Waals surface area contributed by atoms with Crippen molar-refractivity contribution in [1.29, 1.82) is 0 Å². The Morgan fingerprint density at radius 2 is 1.49 bits per heavy atom. The molecule has 3 aromatic carbocycles. The summed E-state index contributed by atoms with van der Waals surface area (Å²) in [6.07, 6.45) is 1.20. The predicted molar refractivity (Wildman–Crippen MR) is 167 cm³/mol. The molecule has 0 aliphatic heterocycles. The summed E-state index contributed by atoms with van der Waals surface area (Å²) >= 11 is 18.6. The van der Waals surface area contributed by atoms with E-state index in [9.17, 15) is 18.0 Å². The van der Waals surface area contributed by atoms with Crippen molar-refractivity contribution in [1.82, 2.24) is 10.2 Å². The van der Waals surface area contributed by atoms with Crippen LogP contribution in [0.3, 0.4) is 0 Å². The van der Waals surface area contributed by atoms with Gasteiger partial charge >= 0.3 is 0 Å². The van der Waals surface area contributed by atoms with Crippen LogP contribution in [0.2, 0.25) is 15.1 Å². The summed E-state index contributed by atoms with van der Waals surface area (Å²) in [4.78, 5) is 29.2. The minimum atomic E-state index is -4.00. The zero-order chi connectivity index (χ0) is 30.3. The molecular weight excluding hydrogens is 605 g/mol. The first-order chi connectivity index (χ1) is 19.3. The number of rotatable bonds is 12. The second kappa shape index (κ2) is 14.4. The van der Waals surface area contributed by atoms with Crippen molar-refractivity contribution in [3.05, 3.63) is 98.5 Å². The molecule has 0 aliphatic carbocycles. The van der Waals surface area contributed by atoms with Gasteiger partial charge in [-0.2, -0.15) is 0 Å². The summed E-state index contributed by atoms with van der Waals surface area (Å²) in [6.45, 7) is 5.81. The highest BCUT2D eigenvalue weighted by Gasteiger charge is 2.33. The molecule has 0 bridgehead atoms. The number of carbonyl (C=O) groups is 2. The van der Waals surface area contributed by atoms with E-state index in [1.807, 2.05) is 75.4 Å². The van der Waals surface area contributed by atoms with Gasteiger partial charge in [-0.3, -0.25) is 13.9 Å². The number of sulfonamides is 1. The van der Waals surface area contributed by atoms with Gasteiger partial charge in [-0.05, 0) is 36.1 Å². The van der Waals surface area contributed by atoms with E-state index in [1.54, 1.807) is 0 Å². The maximum atomic E-state index is 14.1. The first-order valence-corrected chi connectivity index (χ1v) is 16.0. The van der Waals surface area contributed by atoms with E-state index in [-0.39, 0.29) is 45.5 Å². The lowest BCUT2D eigenvalue weighted by molar-refractivity contribution is -0.140. The molecule has 0 saturated carbocycles. The van der Waals surface area contributed by atoms with Gasteiger partial charge in [-0.1, -0.05) is 109 Å². The largest absolute Gasteiger partial charge is 0.354 e. The molecule has 0 aliphatic rings. The third-order valence-corrected chi connectivity index (χ3v) is 8.52. The molecule has 0 aromatic heterocycles. The standard InChI is InChI=1S/C30H34Cl3N3O4S/c1-20(2)17-34-30(38)28(14-22-8-6-5-7-9-22)35(18-23-12-10-21(3)11-13-23)29(37)19-36(41(4,39)40)27-16-25(32)24(31)15-26(27)33/h5-13,15-16,20,28H,14,17-19H2,1-4H3,(H,34,38)/t28-/m1/s1. The highest BCUT2D eigenvalue weighted by molar-refractivity contribution is 7.92. The lowest BCUT2D eigenvalue weighted by Gasteiger charge is -2.34. The summed E-state index contributed by atoms with van der Waals surface area (Å²) in [5, 5.41) is 3.19. The van der Waals surface area contributed by atoms with Crippen molar-refractivity contribution < 1.29 is 18.0 Å². The van der Waals surface area contributed by atoms with E-state index in [2.05, 4.69) is 5.32 Å². The van der Waals surface area contributed by atoms with Crippen molar-refractivity contribution in [2.75, 3.05) is 23.7 Å². The predicted octanol–water partition coefficient (Wildman–Crippen LogP) is 6.13. The Morgan fingerprint density at radius 1 is 0.878 bits per heavy atom. The Labute approximate surface area is 257 Å². The number of nitrogens with one attached hydrogen (secondary N) is 1. The molecule has 11 heteroatoms. The smallest absolute Gasteiger partial charge is 0.244 e. The molecule has 220 valence electrons. The van der Waals surface area contributed by atoms with Gasteiger partial charge in [0, 0.05) is 19.5 Å². The maximum absolute atomic E-state index is 14.1. The van der Waals surface area contributed by atoms with Gasteiger partial charge < -0.3 is 10.2 Å². The molecule has 2 amide bonds. The summed E-state index contributed by atoms with van der Waals surface area (Å²) in [7, 11) is -4.00. The molecule has 0 radical (unpaired) electrons. The Kier molecular flexibility index (Phi) is 11.5.